The van der Waals surface area contributed by atoms with Gasteiger partial charge in [0.05, 0.1) is 18.5 Å². The third-order valence-corrected chi connectivity index (χ3v) is 4.38. The van der Waals surface area contributed by atoms with Crippen molar-refractivity contribution in [3.05, 3.63) is 42.6 Å². The zero-order chi connectivity index (χ0) is 23.5. The molecule has 3 aromatic rings. The molecular weight excluding hydrogens is 466 g/mol. The zero-order valence-corrected chi connectivity index (χ0v) is 19.3. The summed E-state index contributed by atoms with van der Waals surface area (Å²) < 4.78 is 14.8. The van der Waals surface area contributed by atoms with E-state index in [0.29, 0.717) is 47.8 Å². The molecule has 0 atom stereocenters. The van der Waals surface area contributed by atoms with Crippen LogP contribution in [0, 0.1) is 0 Å². The number of nitrogens with zero attached hydrogens (tertiary/aromatic N) is 3. The first-order valence-electron chi connectivity index (χ1n) is 10.3. The summed E-state index contributed by atoms with van der Waals surface area (Å²) in [5.41, 5.74) is 2.25. The number of fused-ring (bicyclic) bond motifs is 1. The molecule has 34 heavy (non-hydrogen) atoms. The van der Waals surface area contributed by atoms with Crippen molar-refractivity contribution in [1.82, 2.24) is 20.3 Å². The van der Waals surface area contributed by atoms with Crippen LogP contribution in [0.3, 0.4) is 0 Å². The van der Waals surface area contributed by atoms with Crippen LogP contribution in [0.2, 0.25) is 0 Å². The number of halogens is 1. The van der Waals surface area contributed by atoms with Crippen LogP contribution >= 0.6 is 12.4 Å². The van der Waals surface area contributed by atoms with Gasteiger partial charge in [0, 0.05) is 25.8 Å². The maximum atomic E-state index is 12.0. The number of urea groups is 1. The van der Waals surface area contributed by atoms with Gasteiger partial charge in [0.2, 0.25) is 0 Å². The van der Waals surface area contributed by atoms with Crippen LogP contribution in [0.15, 0.2) is 42.6 Å². The van der Waals surface area contributed by atoms with Gasteiger partial charge in [0.15, 0.2) is 5.65 Å². The second-order valence-corrected chi connectivity index (χ2v) is 6.82. The Morgan fingerprint density at radius 1 is 1.03 bits per heavy atom. The Labute approximate surface area is 202 Å². The summed E-state index contributed by atoms with van der Waals surface area (Å²) in [7, 11) is 1.51. The van der Waals surface area contributed by atoms with Crippen molar-refractivity contribution in [3.8, 4) is 17.0 Å². The molecule has 0 aliphatic heterocycles. The van der Waals surface area contributed by atoms with Crippen molar-refractivity contribution in [3.63, 3.8) is 0 Å². The molecule has 0 spiro atoms. The van der Waals surface area contributed by atoms with Gasteiger partial charge in [0.1, 0.15) is 23.7 Å². The summed E-state index contributed by atoms with van der Waals surface area (Å²) in [6.45, 7) is 0.937. The minimum Gasteiger partial charge on any atom is -0.432 e. The Kier molecular flexibility index (Phi) is 10.9. The van der Waals surface area contributed by atoms with Gasteiger partial charge in [-0.25, -0.2) is 19.6 Å². The number of amides is 2. The summed E-state index contributed by atoms with van der Waals surface area (Å²) in [5.74, 6) is 0.661. The summed E-state index contributed by atoms with van der Waals surface area (Å²) in [5, 5.41) is 14.1. The molecule has 2 aromatic heterocycles. The fourth-order valence-corrected chi connectivity index (χ4v) is 2.73. The molecule has 0 fully saturated rings. The molecule has 0 unspecified atom stereocenters. The quantitative estimate of drug-likeness (QED) is 0.221. The molecule has 3 rings (SSSR count). The van der Waals surface area contributed by atoms with E-state index in [9.17, 15) is 9.59 Å². The molecule has 12 heteroatoms. The van der Waals surface area contributed by atoms with Crippen LogP contribution in [-0.4, -0.2) is 65.7 Å². The van der Waals surface area contributed by atoms with E-state index in [1.807, 2.05) is 0 Å². The van der Waals surface area contributed by atoms with Crippen LogP contribution < -0.4 is 15.4 Å². The summed E-state index contributed by atoms with van der Waals surface area (Å²) in [4.78, 5) is 36.8. The highest BCUT2D eigenvalue weighted by molar-refractivity contribution is 5.89. The highest BCUT2D eigenvalue weighted by atomic mass is 35.5. The molecule has 0 saturated carbocycles. The van der Waals surface area contributed by atoms with E-state index in [0.717, 1.165) is 5.56 Å². The molecule has 0 aliphatic rings. The highest BCUT2D eigenvalue weighted by Crippen LogP contribution is 2.22. The van der Waals surface area contributed by atoms with Crippen molar-refractivity contribution >= 4 is 41.6 Å². The van der Waals surface area contributed by atoms with E-state index in [4.69, 9.17) is 19.3 Å². The van der Waals surface area contributed by atoms with Gasteiger partial charge in [-0.1, -0.05) is 0 Å². The zero-order valence-electron chi connectivity index (χ0n) is 18.5. The van der Waals surface area contributed by atoms with Crippen LogP contribution in [0.5, 0.6) is 5.75 Å². The Balaban J connectivity index is 0.00000408. The number of carbonyl (C=O) groups excluding carboxylic acids is 2. The van der Waals surface area contributed by atoms with Gasteiger partial charge in [-0.3, -0.25) is 10.3 Å². The molecule has 182 valence electrons. The van der Waals surface area contributed by atoms with Gasteiger partial charge < -0.3 is 24.6 Å². The summed E-state index contributed by atoms with van der Waals surface area (Å²) >= 11 is 0. The van der Waals surface area contributed by atoms with Crippen molar-refractivity contribution in [2.45, 2.75) is 12.8 Å². The lowest BCUT2D eigenvalue weighted by molar-refractivity contribution is 0.0685. The predicted octanol–water partition coefficient (Wildman–Crippen LogP) is 3.17. The number of benzene rings is 1. The number of anilines is 1. The van der Waals surface area contributed by atoms with Gasteiger partial charge >= 0.3 is 12.2 Å². The molecule has 0 aliphatic carbocycles. The molecule has 2 amide bonds. The number of carbonyl (C=O) groups is 2. The molecule has 0 radical (unpaired) electrons. The SMILES string of the molecule is COCCOC(=O)Oc1ccc(-c2cnc3ccc(NC(=O)NCCCCO)nc3n2)cc1.Cl. The molecule has 2 heterocycles. The van der Waals surface area contributed by atoms with Crippen molar-refractivity contribution < 1.29 is 28.9 Å². The van der Waals surface area contributed by atoms with Crippen LogP contribution in [0.1, 0.15) is 12.8 Å². The van der Waals surface area contributed by atoms with E-state index in [1.165, 1.54) is 7.11 Å². The summed E-state index contributed by atoms with van der Waals surface area (Å²) in [6, 6.07) is 9.66. The van der Waals surface area contributed by atoms with E-state index in [-0.39, 0.29) is 38.3 Å². The third-order valence-electron chi connectivity index (χ3n) is 4.38. The smallest absolute Gasteiger partial charge is 0.432 e. The second-order valence-electron chi connectivity index (χ2n) is 6.82. The maximum Gasteiger partial charge on any atom is 0.513 e. The van der Waals surface area contributed by atoms with E-state index >= 15 is 0 Å². The van der Waals surface area contributed by atoms with E-state index in [1.54, 1.807) is 42.6 Å². The first-order valence-corrected chi connectivity index (χ1v) is 10.3. The molecule has 11 nitrogen and oxygen atoms in total. The molecular formula is C22H26ClN5O6. The van der Waals surface area contributed by atoms with Gasteiger partial charge in [0.25, 0.3) is 0 Å². The van der Waals surface area contributed by atoms with Crippen LogP contribution in [-0.2, 0) is 9.47 Å². The molecule has 0 bridgehead atoms. The normalized spacial score (nSPS) is 10.3. The Morgan fingerprint density at radius 3 is 2.56 bits per heavy atom. The lowest BCUT2D eigenvalue weighted by Crippen LogP contribution is -2.30. The fourth-order valence-electron chi connectivity index (χ4n) is 2.73. The largest absolute Gasteiger partial charge is 0.513 e. The molecule has 0 saturated heterocycles. The average molecular weight is 492 g/mol. The monoisotopic (exact) mass is 491 g/mol. The van der Waals surface area contributed by atoms with Crippen molar-refractivity contribution in [2.75, 3.05) is 38.8 Å². The van der Waals surface area contributed by atoms with Crippen molar-refractivity contribution in [1.29, 1.82) is 0 Å². The standard InChI is InChI=1S/C22H25N5O6.ClH/c1-31-12-13-32-22(30)33-16-6-4-15(5-7-16)18-14-24-17-8-9-19(26-20(17)25-18)27-21(29)23-10-2-3-11-28;/h4-9,14,28H,2-3,10-13H2,1H3,(H2,23,25,26,27,29);1H. The van der Waals surface area contributed by atoms with Gasteiger partial charge in [-0.2, -0.15) is 0 Å². The van der Waals surface area contributed by atoms with Gasteiger partial charge in [-0.15, -0.1) is 12.4 Å². The number of hydrogen-bond acceptors (Lipinski definition) is 9. The Hall–Kier alpha value is -3.54. The maximum absolute atomic E-state index is 12.0. The second kappa shape index (κ2) is 13.9. The molecule has 3 N–H and O–H groups in total. The first-order chi connectivity index (χ1) is 16.1. The third kappa shape index (κ3) is 8.10. The number of rotatable bonds is 10. The number of methoxy groups -OCH3 is 1. The first kappa shape index (κ1) is 26.7. The van der Waals surface area contributed by atoms with E-state index < -0.39 is 6.16 Å². The number of hydrogen-bond donors (Lipinski definition) is 3. The Bertz CT molecular complexity index is 1080. The Morgan fingerprint density at radius 2 is 1.82 bits per heavy atom. The number of aliphatic hydroxyl groups is 1. The van der Waals surface area contributed by atoms with Crippen molar-refractivity contribution in [2.24, 2.45) is 0 Å². The number of aliphatic hydroxyl groups excluding tert-OH is 1. The lowest BCUT2D eigenvalue weighted by atomic mass is 10.1. The minimum absolute atomic E-state index is 0. The van der Waals surface area contributed by atoms with Crippen LogP contribution in [0.25, 0.3) is 22.4 Å². The number of nitrogens with one attached hydrogen (secondary N) is 2. The van der Waals surface area contributed by atoms with E-state index in [2.05, 4.69) is 25.6 Å². The number of unbranched alkanes of at least 4 members (excludes halogenated alkanes) is 1. The topological polar surface area (TPSA) is 145 Å². The average Bonchev–Trinajstić information content (AvgIpc) is 2.82. The molecule has 1 aromatic carbocycles. The number of aromatic nitrogens is 3. The fraction of sp³-hybridized carbons (Fsp3) is 0.318. The number of pyridine rings is 1. The number of ether oxygens (including phenoxy) is 3. The predicted molar refractivity (Wildman–Crippen MR) is 127 cm³/mol. The van der Waals surface area contributed by atoms with Crippen LogP contribution in [0.4, 0.5) is 15.4 Å². The highest BCUT2D eigenvalue weighted by Gasteiger charge is 2.09. The van der Waals surface area contributed by atoms with Gasteiger partial charge in [-0.05, 0) is 49.2 Å². The lowest BCUT2D eigenvalue weighted by Gasteiger charge is -2.08. The summed E-state index contributed by atoms with van der Waals surface area (Å²) in [6.07, 6.45) is 2.10. The minimum atomic E-state index is -0.813.